The molecule has 0 aromatic carbocycles. The first-order valence-electron chi connectivity index (χ1n) is 5.33. The molecule has 0 unspecified atom stereocenters. The van der Waals surface area contributed by atoms with Crippen LogP contribution in [0.5, 0.6) is 0 Å². The van der Waals surface area contributed by atoms with Crippen LogP contribution >= 0.6 is 0 Å². The van der Waals surface area contributed by atoms with Gasteiger partial charge in [-0.2, -0.15) is 0 Å². The summed E-state index contributed by atoms with van der Waals surface area (Å²) in [6, 6.07) is 0. The zero-order valence-electron chi connectivity index (χ0n) is 8.95. The van der Waals surface area contributed by atoms with Crippen LogP contribution in [0.3, 0.4) is 0 Å². The summed E-state index contributed by atoms with van der Waals surface area (Å²) in [5.41, 5.74) is 0. The van der Waals surface area contributed by atoms with Crippen molar-refractivity contribution >= 4 is 22.9 Å². The average Bonchev–Trinajstić information content (AvgIpc) is 2.04. The summed E-state index contributed by atoms with van der Waals surface area (Å²) < 4.78 is 3.11. The summed E-state index contributed by atoms with van der Waals surface area (Å²) >= 11 is -0.0578. The van der Waals surface area contributed by atoms with Gasteiger partial charge < -0.3 is 0 Å². The van der Waals surface area contributed by atoms with Gasteiger partial charge in [0.15, 0.2) is 0 Å². The molecule has 0 saturated heterocycles. The Morgan fingerprint density at radius 3 is 1.18 bits per heavy atom. The Balaban J connectivity index is 0. The SMILES string of the molecule is CCCCCC.C[CH2][InH][CH2]C. The van der Waals surface area contributed by atoms with E-state index in [1.165, 1.54) is 25.7 Å². The maximum absolute atomic E-state index is 2.31. The van der Waals surface area contributed by atoms with Gasteiger partial charge in [-0.1, -0.05) is 39.5 Å². The van der Waals surface area contributed by atoms with Gasteiger partial charge >= 0.3 is 45.1 Å². The van der Waals surface area contributed by atoms with Crippen molar-refractivity contribution in [3.05, 3.63) is 0 Å². The Labute approximate surface area is 84.5 Å². The third-order valence-corrected chi connectivity index (χ3v) is 5.70. The predicted octanol–water partition coefficient (Wildman–Crippen LogP) is 3.89. The molecule has 1 heteroatoms. The van der Waals surface area contributed by atoms with E-state index >= 15 is 0 Å². The fourth-order valence-electron chi connectivity index (χ4n) is 0.854. The second-order valence-corrected chi connectivity index (χ2v) is 10.8. The molecule has 0 aliphatic carbocycles. The molecule has 0 saturated carbocycles. The van der Waals surface area contributed by atoms with E-state index in [2.05, 4.69) is 27.7 Å². The summed E-state index contributed by atoms with van der Waals surface area (Å²) in [7, 11) is 0. The van der Waals surface area contributed by atoms with E-state index in [9.17, 15) is 0 Å². The normalized spacial score (nSPS) is 8.36. The van der Waals surface area contributed by atoms with E-state index in [1.807, 2.05) is 0 Å². The van der Waals surface area contributed by atoms with Crippen molar-refractivity contribution in [2.24, 2.45) is 0 Å². The second-order valence-electron chi connectivity index (χ2n) is 3.06. The standard InChI is InChI=1S/C6H14.2C2H5.In.H/c1-3-5-6-4-2;2*1-2;;/h3-6H2,1-2H3;2*1H2,2H3;;. The molecule has 0 spiro atoms. The molecule has 0 aromatic rings. The number of rotatable bonds is 5. The number of hydrogen-bond acceptors (Lipinski definition) is 0. The molecule has 0 N–H and O–H groups in total. The summed E-state index contributed by atoms with van der Waals surface area (Å²) in [5, 5.41) is 0. The molecular weight excluding hydrogens is 235 g/mol. The summed E-state index contributed by atoms with van der Waals surface area (Å²) in [6.07, 6.45) is 5.54. The van der Waals surface area contributed by atoms with Crippen LogP contribution in [-0.2, 0) is 0 Å². The van der Waals surface area contributed by atoms with Crippen LogP contribution in [0.2, 0.25) is 8.35 Å². The minimum absolute atomic E-state index is 0.0578. The Bertz CT molecular complexity index is 38.1. The van der Waals surface area contributed by atoms with Gasteiger partial charge in [-0.05, 0) is 0 Å². The maximum atomic E-state index is 2.31. The fraction of sp³-hybridized carbons (Fsp3) is 1.00. The first-order chi connectivity index (χ1) is 5.33. The molecule has 0 bridgehead atoms. The number of hydrogen-bond donors (Lipinski definition) is 0. The molecule has 0 aromatic heterocycles. The average molecular weight is 260 g/mol. The zero-order valence-corrected chi connectivity index (χ0v) is 13.0. The van der Waals surface area contributed by atoms with E-state index in [-0.39, 0.29) is 22.9 Å². The Morgan fingerprint density at radius 2 is 1.09 bits per heavy atom. The van der Waals surface area contributed by atoms with Crippen molar-refractivity contribution in [1.29, 1.82) is 0 Å². The third kappa shape index (κ3) is 24.8. The van der Waals surface area contributed by atoms with Crippen LogP contribution in [-0.4, -0.2) is 22.9 Å². The molecule has 0 amide bonds. The van der Waals surface area contributed by atoms with Crippen molar-refractivity contribution in [1.82, 2.24) is 0 Å². The van der Waals surface area contributed by atoms with E-state index in [0.29, 0.717) is 0 Å². The predicted molar refractivity (Wildman–Crippen MR) is 57.9 cm³/mol. The molecule has 0 heterocycles. The van der Waals surface area contributed by atoms with Gasteiger partial charge in [-0.15, -0.1) is 0 Å². The topological polar surface area (TPSA) is 0 Å². The molecular formula is C10H25In. The van der Waals surface area contributed by atoms with Gasteiger partial charge in [0.25, 0.3) is 0 Å². The van der Waals surface area contributed by atoms with Crippen LogP contribution in [0.15, 0.2) is 0 Å². The van der Waals surface area contributed by atoms with Crippen molar-refractivity contribution in [2.45, 2.75) is 61.7 Å². The molecule has 11 heavy (non-hydrogen) atoms. The van der Waals surface area contributed by atoms with Gasteiger partial charge in [0, 0.05) is 0 Å². The number of unbranched alkanes of at least 4 members (excludes halogenated alkanes) is 3. The Hall–Kier alpha value is 0.870. The van der Waals surface area contributed by atoms with Gasteiger partial charge in [0.05, 0.1) is 0 Å². The van der Waals surface area contributed by atoms with Crippen molar-refractivity contribution < 1.29 is 0 Å². The summed E-state index contributed by atoms with van der Waals surface area (Å²) in [6.45, 7) is 9.07. The summed E-state index contributed by atoms with van der Waals surface area (Å²) in [4.78, 5) is 0. The van der Waals surface area contributed by atoms with Gasteiger partial charge in [0.2, 0.25) is 0 Å². The van der Waals surface area contributed by atoms with Crippen LogP contribution in [0.25, 0.3) is 0 Å². The van der Waals surface area contributed by atoms with Gasteiger partial charge in [0.1, 0.15) is 0 Å². The van der Waals surface area contributed by atoms with Crippen LogP contribution in [0.1, 0.15) is 53.4 Å². The molecule has 0 atom stereocenters. The molecule has 68 valence electrons. The molecule has 0 fully saturated rings. The first-order valence-corrected chi connectivity index (χ1v) is 11.0. The van der Waals surface area contributed by atoms with E-state index in [1.54, 1.807) is 8.35 Å². The summed E-state index contributed by atoms with van der Waals surface area (Å²) in [5.74, 6) is 0. The second kappa shape index (κ2) is 17.1. The Morgan fingerprint density at radius 1 is 0.727 bits per heavy atom. The molecule has 0 aliphatic heterocycles. The van der Waals surface area contributed by atoms with Gasteiger partial charge in [-0.25, -0.2) is 0 Å². The molecule has 0 nitrogen and oxygen atoms in total. The Kier molecular flexibility index (Phi) is 22.4. The zero-order chi connectivity index (χ0) is 8.95. The van der Waals surface area contributed by atoms with Crippen molar-refractivity contribution in [2.75, 3.05) is 0 Å². The molecule has 0 rings (SSSR count). The van der Waals surface area contributed by atoms with Crippen molar-refractivity contribution in [3.63, 3.8) is 0 Å². The van der Waals surface area contributed by atoms with Gasteiger partial charge in [-0.3, -0.25) is 0 Å². The fourth-order valence-corrected chi connectivity index (χ4v) is 2.87. The van der Waals surface area contributed by atoms with Crippen LogP contribution < -0.4 is 0 Å². The van der Waals surface area contributed by atoms with Crippen LogP contribution in [0.4, 0.5) is 0 Å². The van der Waals surface area contributed by atoms with Crippen LogP contribution in [0, 0.1) is 0 Å². The molecule has 0 aliphatic rings. The quantitative estimate of drug-likeness (QED) is 0.658. The first kappa shape index (κ1) is 14.4. The molecule has 0 radical (unpaired) electrons. The van der Waals surface area contributed by atoms with E-state index < -0.39 is 0 Å². The third-order valence-electron chi connectivity index (χ3n) is 1.66. The van der Waals surface area contributed by atoms with Crippen molar-refractivity contribution in [3.8, 4) is 0 Å². The minimum atomic E-state index is -0.0578. The van der Waals surface area contributed by atoms with E-state index in [4.69, 9.17) is 0 Å². The monoisotopic (exact) mass is 260 g/mol. The van der Waals surface area contributed by atoms with E-state index in [0.717, 1.165) is 0 Å².